The number of rotatable bonds is 5. The fraction of sp³-hybridized carbons (Fsp3) is 0.429. The molecule has 108 valence electrons. The number of nitrogen functional groups attached to an aromatic ring is 1. The van der Waals surface area contributed by atoms with Gasteiger partial charge in [0.1, 0.15) is 0 Å². The van der Waals surface area contributed by atoms with Crippen LogP contribution in [0.1, 0.15) is 26.7 Å². The lowest BCUT2D eigenvalue weighted by atomic mass is 10.1. The number of nitrogens with zero attached hydrogens (tertiary/aromatic N) is 1. The molecular weight excluding hydrogens is 256 g/mol. The van der Waals surface area contributed by atoms with E-state index >= 15 is 0 Å². The highest BCUT2D eigenvalue weighted by molar-refractivity contribution is 5.90. The van der Waals surface area contributed by atoms with Gasteiger partial charge in [-0.25, -0.2) is 0 Å². The van der Waals surface area contributed by atoms with E-state index in [-0.39, 0.29) is 11.1 Å². The van der Waals surface area contributed by atoms with Gasteiger partial charge < -0.3 is 10.6 Å². The van der Waals surface area contributed by atoms with Gasteiger partial charge in [0.25, 0.3) is 11.1 Å². The first kappa shape index (κ1) is 14.2. The van der Waals surface area contributed by atoms with Crippen molar-refractivity contribution >= 4 is 22.1 Å². The lowest BCUT2D eigenvalue weighted by Crippen LogP contribution is -2.26. The fourth-order valence-electron chi connectivity index (χ4n) is 2.30. The second kappa shape index (κ2) is 5.81. The number of nitrogens with one attached hydrogen (secondary N) is 2. The lowest BCUT2D eigenvalue weighted by molar-refractivity contribution is 0.733. The first-order chi connectivity index (χ1) is 9.58. The second-order valence-corrected chi connectivity index (χ2v) is 4.80. The van der Waals surface area contributed by atoms with E-state index in [1.807, 2.05) is 6.92 Å². The minimum Gasteiger partial charge on any atom is -0.397 e. The van der Waals surface area contributed by atoms with E-state index in [0.29, 0.717) is 16.5 Å². The van der Waals surface area contributed by atoms with Crippen molar-refractivity contribution in [2.24, 2.45) is 0 Å². The topological polar surface area (TPSA) is 95.0 Å². The van der Waals surface area contributed by atoms with Crippen molar-refractivity contribution in [3.8, 4) is 0 Å². The van der Waals surface area contributed by atoms with E-state index in [0.717, 1.165) is 31.6 Å². The molecule has 0 aliphatic carbocycles. The second-order valence-electron chi connectivity index (χ2n) is 4.80. The maximum atomic E-state index is 11.8. The minimum absolute atomic E-state index is 0.313. The Labute approximate surface area is 116 Å². The van der Waals surface area contributed by atoms with E-state index < -0.39 is 0 Å². The monoisotopic (exact) mass is 276 g/mol. The number of aromatic nitrogens is 2. The van der Waals surface area contributed by atoms with Crippen LogP contribution in [-0.4, -0.2) is 23.3 Å². The zero-order valence-corrected chi connectivity index (χ0v) is 11.8. The molecule has 0 radical (unpaired) electrons. The molecule has 0 saturated heterocycles. The quantitative estimate of drug-likeness (QED) is 0.720. The molecule has 20 heavy (non-hydrogen) atoms. The largest absolute Gasteiger partial charge is 0.397 e. The standard InChI is InChI=1S/C14H20N4O2/c1-3-5-6-18(4-2)12-8-10-9(7-11(12)15)13(19)16-17-14(10)20/h7-8H,3-6,15H2,1-2H3,(H,16,19)(H,17,20). The molecule has 2 rings (SSSR count). The summed E-state index contributed by atoms with van der Waals surface area (Å²) in [7, 11) is 0. The molecule has 0 bridgehead atoms. The van der Waals surface area contributed by atoms with Crippen molar-refractivity contribution in [3.63, 3.8) is 0 Å². The van der Waals surface area contributed by atoms with Gasteiger partial charge in [-0.3, -0.25) is 19.8 Å². The van der Waals surface area contributed by atoms with Gasteiger partial charge in [-0.1, -0.05) is 13.3 Å². The summed E-state index contributed by atoms with van der Waals surface area (Å²) in [6.07, 6.45) is 2.14. The van der Waals surface area contributed by atoms with Gasteiger partial charge in [-0.2, -0.15) is 0 Å². The molecule has 0 aliphatic heterocycles. The Morgan fingerprint density at radius 1 is 1.10 bits per heavy atom. The summed E-state index contributed by atoms with van der Waals surface area (Å²) in [4.78, 5) is 25.7. The summed E-state index contributed by atoms with van der Waals surface area (Å²) in [5, 5.41) is 5.33. The van der Waals surface area contributed by atoms with Crippen molar-refractivity contribution in [3.05, 3.63) is 32.8 Å². The van der Waals surface area contributed by atoms with Crippen LogP contribution in [0.4, 0.5) is 11.4 Å². The number of aromatic amines is 2. The highest BCUT2D eigenvalue weighted by Crippen LogP contribution is 2.26. The van der Waals surface area contributed by atoms with Gasteiger partial charge in [0, 0.05) is 13.1 Å². The molecule has 0 unspecified atom stereocenters. The molecule has 0 aliphatic rings. The van der Waals surface area contributed by atoms with Crippen LogP contribution in [0.5, 0.6) is 0 Å². The normalized spacial score (nSPS) is 10.9. The maximum Gasteiger partial charge on any atom is 0.270 e. The molecule has 0 fully saturated rings. The van der Waals surface area contributed by atoms with E-state index in [2.05, 4.69) is 22.0 Å². The summed E-state index contributed by atoms with van der Waals surface area (Å²) < 4.78 is 0. The molecular formula is C14H20N4O2. The molecule has 0 atom stereocenters. The SMILES string of the molecule is CCCCN(CC)c1cc2c(=O)[nH][nH]c(=O)c2cc1N. The Balaban J connectivity index is 2.60. The number of anilines is 2. The summed E-state index contributed by atoms with van der Waals surface area (Å²) in [6, 6.07) is 3.28. The van der Waals surface area contributed by atoms with Gasteiger partial charge in [0.15, 0.2) is 0 Å². The van der Waals surface area contributed by atoms with Gasteiger partial charge in [0.2, 0.25) is 0 Å². The van der Waals surface area contributed by atoms with Crippen LogP contribution in [0.3, 0.4) is 0 Å². The van der Waals surface area contributed by atoms with E-state index in [1.165, 1.54) is 0 Å². The Bertz CT molecular complexity index is 717. The smallest absolute Gasteiger partial charge is 0.270 e. The molecule has 6 nitrogen and oxygen atoms in total. The zero-order valence-electron chi connectivity index (χ0n) is 11.8. The molecule has 2 aromatic rings. The van der Waals surface area contributed by atoms with Crippen LogP contribution < -0.4 is 21.8 Å². The average Bonchev–Trinajstić information content (AvgIpc) is 2.44. The van der Waals surface area contributed by atoms with Crippen molar-refractivity contribution in [2.45, 2.75) is 26.7 Å². The molecule has 1 aromatic carbocycles. The van der Waals surface area contributed by atoms with Gasteiger partial charge >= 0.3 is 0 Å². The Kier molecular flexibility index (Phi) is 4.12. The first-order valence-corrected chi connectivity index (χ1v) is 6.87. The van der Waals surface area contributed by atoms with Crippen molar-refractivity contribution in [1.29, 1.82) is 0 Å². The van der Waals surface area contributed by atoms with Crippen LogP contribution in [0.15, 0.2) is 21.7 Å². The zero-order chi connectivity index (χ0) is 14.7. The Morgan fingerprint density at radius 3 is 2.25 bits per heavy atom. The molecule has 0 spiro atoms. The van der Waals surface area contributed by atoms with Crippen LogP contribution in [0, 0.1) is 0 Å². The summed E-state index contributed by atoms with van der Waals surface area (Å²) in [6.45, 7) is 5.85. The number of benzene rings is 1. The number of hydrogen-bond donors (Lipinski definition) is 3. The third-order valence-electron chi connectivity index (χ3n) is 3.45. The minimum atomic E-state index is -0.338. The number of fused-ring (bicyclic) bond motifs is 1. The van der Waals surface area contributed by atoms with Crippen molar-refractivity contribution < 1.29 is 0 Å². The van der Waals surface area contributed by atoms with Crippen LogP contribution in [-0.2, 0) is 0 Å². The highest BCUT2D eigenvalue weighted by atomic mass is 16.1. The van der Waals surface area contributed by atoms with Crippen LogP contribution in [0.2, 0.25) is 0 Å². The van der Waals surface area contributed by atoms with Gasteiger partial charge in [0.05, 0.1) is 22.1 Å². The number of unbranched alkanes of at least 4 members (excludes halogenated alkanes) is 1. The molecule has 0 amide bonds. The van der Waals surface area contributed by atoms with Crippen molar-refractivity contribution in [2.75, 3.05) is 23.7 Å². The van der Waals surface area contributed by atoms with Gasteiger partial charge in [-0.15, -0.1) is 0 Å². The number of H-pyrrole nitrogens is 2. The Morgan fingerprint density at radius 2 is 1.70 bits per heavy atom. The van der Waals surface area contributed by atoms with E-state index in [9.17, 15) is 9.59 Å². The fourth-order valence-corrected chi connectivity index (χ4v) is 2.30. The maximum absolute atomic E-state index is 11.8. The summed E-state index contributed by atoms with van der Waals surface area (Å²) in [5.74, 6) is 0. The van der Waals surface area contributed by atoms with Crippen molar-refractivity contribution in [1.82, 2.24) is 10.2 Å². The Hall–Kier alpha value is -2.24. The number of nitrogens with two attached hydrogens (primary N) is 1. The van der Waals surface area contributed by atoms with Gasteiger partial charge in [-0.05, 0) is 25.5 Å². The molecule has 4 N–H and O–H groups in total. The summed E-state index contributed by atoms with van der Waals surface area (Å²) >= 11 is 0. The average molecular weight is 276 g/mol. The molecule has 1 aromatic heterocycles. The lowest BCUT2D eigenvalue weighted by Gasteiger charge is -2.24. The highest BCUT2D eigenvalue weighted by Gasteiger charge is 2.12. The van der Waals surface area contributed by atoms with Crippen LogP contribution >= 0.6 is 0 Å². The summed E-state index contributed by atoms with van der Waals surface area (Å²) in [5.41, 5.74) is 6.73. The molecule has 6 heteroatoms. The molecule has 1 heterocycles. The van der Waals surface area contributed by atoms with Crippen LogP contribution in [0.25, 0.3) is 10.8 Å². The third kappa shape index (κ3) is 2.54. The number of hydrogen-bond acceptors (Lipinski definition) is 4. The van der Waals surface area contributed by atoms with E-state index in [4.69, 9.17) is 5.73 Å². The molecule has 0 saturated carbocycles. The predicted molar refractivity (Wildman–Crippen MR) is 82.4 cm³/mol. The third-order valence-corrected chi connectivity index (χ3v) is 3.45. The predicted octanol–water partition coefficient (Wildman–Crippen LogP) is 1.42. The first-order valence-electron chi connectivity index (χ1n) is 6.87. The van der Waals surface area contributed by atoms with E-state index in [1.54, 1.807) is 12.1 Å².